The molecule has 0 aliphatic heterocycles. The zero-order valence-electron chi connectivity index (χ0n) is 21.6. The van der Waals surface area contributed by atoms with Gasteiger partial charge in [-0.05, 0) is 55.0 Å². The van der Waals surface area contributed by atoms with Crippen molar-refractivity contribution in [3.05, 3.63) is 65.7 Å². The maximum Gasteiger partial charge on any atom is 0.248 e. The van der Waals surface area contributed by atoms with E-state index in [-0.39, 0.29) is 5.91 Å². The molecule has 2 rings (SSSR count). The summed E-state index contributed by atoms with van der Waals surface area (Å²) in [6.07, 6.45) is 20.4. The van der Waals surface area contributed by atoms with Gasteiger partial charge < -0.3 is 11.1 Å². The van der Waals surface area contributed by atoms with Crippen LogP contribution in [0.1, 0.15) is 113 Å². The molecule has 0 heterocycles. The van der Waals surface area contributed by atoms with Crippen molar-refractivity contribution in [3.63, 3.8) is 0 Å². The van der Waals surface area contributed by atoms with Crippen molar-refractivity contribution in [2.45, 2.75) is 103 Å². The number of anilines is 1. The van der Waals surface area contributed by atoms with E-state index >= 15 is 0 Å². The Morgan fingerprint density at radius 2 is 1.29 bits per heavy atom. The fourth-order valence-electron chi connectivity index (χ4n) is 4.65. The van der Waals surface area contributed by atoms with Crippen LogP contribution in [0, 0.1) is 5.92 Å². The molecule has 1 unspecified atom stereocenters. The van der Waals surface area contributed by atoms with Crippen molar-refractivity contribution in [2.24, 2.45) is 11.7 Å². The van der Waals surface area contributed by atoms with Crippen LogP contribution >= 0.6 is 0 Å². The first-order chi connectivity index (χ1) is 16.7. The summed E-state index contributed by atoms with van der Waals surface area (Å²) in [6, 6.07) is 18.3. The molecule has 3 N–H and O–H groups in total. The van der Waals surface area contributed by atoms with Crippen LogP contribution in [0.15, 0.2) is 54.6 Å². The number of benzene rings is 2. The monoisotopic (exact) mass is 464 g/mol. The number of carbonyl (C=O) groups excluding carboxylic acids is 1. The lowest BCUT2D eigenvalue weighted by Crippen LogP contribution is -2.16. The second-order valence-electron chi connectivity index (χ2n) is 9.89. The van der Waals surface area contributed by atoms with Crippen LogP contribution in [-0.2, 0) is 6.42 Å². The Kier molecular flexibility index (Phi) is 14.9. The summed E-state index contributed by atoms with van der Waals surface area (Å²) in [5, 5.41) is 3.59. The number of unbranched alkanes of at least 4 members (excludes halogenated alkanes) is 11. The topological polar surface area (TPSA) is 55.1 Å². The number of nitrogens with two attached hydrogens (primary N) is 1. The number of nitrogens with one attached hydrogen (secondary N) is 1. The first-order valence-electron chi connectivity index (χ1n) is 13.9. The summed E-state index contributed by atoms with van der Waals surface area (Å²) in [6.45, 7) is 3.26. The van der Waals surface area contributed by atoms with E-state index in [0.29, 0.717) is 11.5 Å². The van der Waals surface area contributed by atoms with Gasteiger partial charge in [0.1, 0.15) is 0 Å². The molecule has 0 fully saturated rings. The van der Waals surface area contributed by atoms with Crippen LogP contribution in [0.2, 0.25) is 0 Å². The van der Waals surface area contributed by atoms with Gasteiger partial charge in [-0.15, -0.1) is 0 Å². The number of rotatable bonds is 20. The van der Waals surface area contributed by atoms with Crippen LogP contribution in [0.25, 0.3) is 0 Å². The molecule has 3 heteroatoms. The standard InChI is InChI=1S/C31H48N2O/c1-2-3-4-5-6-7-8-9-10-11-12-14-19-28(21-20-27-17-15-13-16-18-27)26-33-30-24-22-29(23-25-30)31(32)34/h13,15-18,22-25,28,33H,2-12,14,19-21,26H2,1H3,(H2,32,34). The summed E-state index contributed by atoms with van der Waals surface area (Å²) in [5.41, 5.74) is 8.40. The van der Waals surface area contributed by atoms with Crippen molar-refractivity contribution in [3.8, 4) is 0 Å². The number of hydrogen-bond donors (Lipinski definition) is 2. The van der Waals surface area contributed by atoms with Gasteiger partial charge in [0.15, 0.2) is 0 Å². The molecule has 0 bridgehead atoms. The molecule has 0 aromatic heterocycles. The summed E-state index contributed by atoms with van der Waals surface area (Å²) < 4.78 is 0. The van der Waals surface area contributed by atoms with E-state index in [1.807, 2.05) is 12.1 Å². The SMILES string of the molecule is CCCCCCCCCCCCCCC(CCc1ccccc1)CNc1ccc(C(N)=O)cc1. The Hall–Kier alpha value is -2.29. The third-order valence-corrected chi connectivity index (χ3v) is 6.91. The lowest BCUT2D eigenvalue weighted by molar-refractivity contribution is 0.100. The Bertz CT molecular complexity index is 757. The second kappa shape index (κ2) is 18.1. The predicted octanol–water partition coefficient (Wildman–Crippen LogP) is 8.54. The minimum Gasteiger partial charge on any atom is -0.385 e. The van der Waals surface area contributed by atoms with Crippen molar-refractivity contribution >= 4 is 11.6 Å². The highest BCUT2D eigenvalue weighted by Crippen LogP contribution is 2.20. The molecule has 0 radical (unpaired) electrons. The Balaban J connectivity index is 1.65. The molecule has 1 amide bonds. The normalized spacial score (nSPS) is 11.9. The smallest absolute Gasteiger partial charge is 0.248 e. The van der Waals surface area contributed by atoms with E-state index in [2.05, 4.69) is 42.6 Å². The van der Waals surface area contributed by atoms with Crippen LogP contribution in [0.4, 0.5) is 5.69 Å². The molecule has 2 aromatic rings. The van der Waals surface area contributed by atoms with E-state index in [4.69, 9.17) is 5.73 Å². The molecule has 1 atom stereocenters. The molecule has 188 valence electrons. The van der Waals surface area contributed by atoms with Crippen molar-refractivity contribution in [1.82, 2.24) is 0 Å². The third-order valence-electron chi connectivity index (χ3n) is 6.91. The Morgan fingerprint density at radius 1 is 0.735 bits per heavy atom. The summed E-state index contributed by atoms with van der Waals surface area (Å²) in [5.74, 6) is 0.276. The van der Waals surface area contributed by atoms with Gasteiger partial charge in [0.05, 0.1) is 0 Å². The maximum atomic E-state index is 11.3. The predicted molar refractivity (Wildman–Crippen MR) is 147 cm³/mol. The zero-order valence-corrected chi connectivity index (χ0v) is 21.6. The van der Waals surface area contributed by atoms with Crippen LogP contribution in [-0.4, -0.2) is 12.5 Å². The van der Waals surface area contributed by atoms with E-state index in [1.54, 1.807) is 12.1 Å². The second-order valence-corrected chi connectivity index (χ2v) is 9.89. The van der Waals surface area contributed by atoms with Gasteiger partial charge in [0.2, 0.25) is 5.91 Å². The van der Waals surface area contributed by atoms with Gasteiger partial charge >= 0.3 is 0 Å². The molecule has 3 nitrogen and oxygen atoms in total. The molecule has 0 spiro atoms. The van der Waals surface area contributed by atoms with Gasteiger partial charge in [-0.2, -0.15) is 0 Å². The largest absolute Gasteiger partial charge is 0.385 e. The van der Waals surface area contributed by atoms with Crippen LogP contribution < -0.4 is 11.1 Å². The minimum absolute atomic E-state index is 0.376. The highest BCUT2D eigenvalue weighted by Gasteiger charge is 2.10. The summed E-state index contributed by atoms with van der Waals surface area (Å²) >= 11 is 0. The minimum atomic E-state index is -0.376. The van der Waals surface area contributed by atoms with Crippen molar-refractivity contribution < 1.29 is 4.79 Å². The van der Waals surface area contributed by atoms with E-state index in [9.17, 15) is 4.79 Å². The number of amides is 1. The van der Waals surface area contributed by atoms with Crippen LogP contribution in [0.5, 0.6) is 0 Å². The number of primary amides is 1. The highest BCUT2D eigenvalue weighted by molar-refractivity contribution is 5.93. The van der Waals surface area contributed by atoms with Crippen LogP contribution in [0.3, 0.4) is 0 Å². The molecule has 0 aliphatic rings. The average molecular weight is 465 g/mol. The van der Waals surface area contributed by atoms with Gasteiger partial charge in [0.25, 0.3) is 0 Å². The number of hydrogen-bond acceptors (Lipinski definition) is 2. The lowest BCUT2D eigenvalue weighted by atomic mass is 9.93. The molecule has 34 heavy (non-hydrogen) atoms. The van der Waals surface area contributed by atoms with Gasteiger partial charge in [-0.3, -0.25) is 4.79 Å². The first kappa shape index (κ1) is 28.0. The zero-order chi connectivity index (χ0) is 24.3. The third kappa shape index (κ3) is 12.8. The Morgan fingerprint density at radius 3 is 1.85 bits per heavy atom. The van der Waals surface area contributed by atoms with E-state index in [0.717, 1.165) is 18.7 Å². The number of aryl methyl sites for hydroxylation is 1. The van der Waals surface area contributed by atoms with Crippen molar-refractivity contribution in [2.75, 3.05) is 11.9 Å². The van der Waals surface area contributed by atoms with Gasteiger partial charge in [0, 0.05) is 17.8 Å². The van der Waals surface area contributed by atoms with E-state index < -0.39 is 0 Å². The summed E-state index contributed by atoms with van der Waals surface area (Å²) in [4.78, 5) is 11.3. The average Bonchev–Trinajstić information content (AvgIpc) is 2.86. The molecule has 0 aliphatic carbocycles. The molecular formula is C31H48N2O. The highest BCUT2D eigenvalue weighted by atomic mass is 16.1. The molecular weight excluding hydrogens is 416 g/mol. The fourth-order valence-corrected chi connectivity index (χ4v) is 4.65. The number of carbonyl (C=O) groups is 1. The van der Waals surface area contributed by atoms with Gasteiger partial charge in [-0.1, -0.05) is 114 Å². The molecule has 0 saturated carbocycles. The van der Waals surface area contributed by atoms with Gasteiger partial charge in [-0.25, -0.2) is 0 Å². The Labute approximate surface area is 208 Å². The van der Waals surface area contributed by atoms with E-state index in [1.165, 1.54) is 95.5 Å². The lowest BCUT2D eigenvalue weighted by Gasteiger charge is -2.19. The summed E-state index contributed by atoms with van der Waals surface area (Å²) in [7, 11) is 0. The maximum absolute atomic E-state index is 11.3. The van der Waals surface area contributed by atoms with Crippen molar-refractivity contribution in [1.29, 1.82) is 0 Å². The fraction of sp³-hybridized carbons (Fsp3) is 0.581. The first-order valence-corrected chi connectivity index (χ1v) is 13.9. The molecule has 0 saturated heterocycles. The quantitative estimate of drug-likeness (QED) is 0.193. The molecule has 2 aromatic carbocycles.